The number of aromatic nitrogens is 2. The molecule has 3 heterocycles. The van der Waals surface area contributed by atoms with Gasteiger partial charge in [-0.1, -0.05) is 12.1 Å². The topological polar surface area (TPSA) is 146 Å². The summed E-state index contributed by atoms with van der Waals surface area (Å²) in [7, 11) is 0. The number of benzene rings is 1. The summed E-state index contributed by atoms with van der Waals surface area (Å²) in [5, 5.41) is 21.0. The van der Waals surface area contributed by atoms with E-state index in [1.54, 1.807) is 45.0 Å². The van der Waals surface area contributed by atoms with E-state index in [2.05, 4.69) is 25.8 Å². The molecule has 1 aromatic heterocycles. The number of carbonyl (C=O) groups is 1. The second kappa shape index (κ2) is 12.3. The minimum Gasteiger partial charge on any atom is -0.530 e. The average Bonchev–Trinajstić information content (AvgIpc) is 3.70. The maximum Gasteiger partial charge on any atom is 0.253 e. The van der Waals surface area contributed by atoms with Crippen molar-refractivity contribution in [3.63, 3.8) is 0 Å². The van der Waals surface area contributed by atoms with Gasteiger partial charge in [0.15, 0.2) is 0 Å². The molecule has 2 aromatic carbocycles. The molecule has 224 valence electrons. The second-order valence-corrected chi connectivity index (χ2v) is 11.9. The van der Waals surface area contributed by atoms with Crippen molar-refractivity contribution in [2.75, 3.05) is 65.0 Å². The van der Waals surface area contributed by atoms with Crippen molar-refractivity contribution in [1.29, 1.82) is 0 Å². The molecule has 0 saturated carbocycles. The minimum absolute atomic E-state index is 0.178. The number of rotatable bonds is 11. The fourth-order valence-electron chi connectivity index (χ4n) is 5.33. The third kappa shape index (κ3) is 6.58. The Morgan fingerprint density at radius 3 is 2.10 bits per heavy atom. The van der Waals surface area contributed by atoms with Crippen LogP contribution in [0.4, 0.5) is 39.4 Å². The quantitative estimate of drug-likeness (QED) is 0.229. The highest BCUT2D eigenvalue weighted by Crippen LogP contribution is 2.26. The Kier molecular flexibility index (Phi) is 8.51. The zero-order valence-corrected chi connectivity index (χ0v) is 24.5. The SMILES string of the molecule is CC(C)(C)N(Cc1ccc(Nc2c(NCCNc3cc(N4CCCC4)nc(N4CCCC4)n3)c(=O)c2=O)cc1)C(=O)[O-]. The molecule has 5 rings (SSSR count). The largest absolute Gasteiger partial charge is 0.530 e. The third-order valence-electron chi connectivity index (χ3n) is 7.76. The first-order valence-corrected chi connectivity index (χ1v) is 14.6. The lowest BCUT2D eigenvalue weighted by Gasteiger charge is -2.38. The van der Waals surface area contributed by atoms with Gasteiger partial charge in [0.2, 0.25) is 5.95 Å². The summed E-state index contributed by atoms with van der Waals surface area (Å²) in [6, 6.07) is 9.03. The Bertz CT molecular complexity index is 1430. The number of carboxylic acid groups (broad SMARTS) is 1. The Labute approximate surface area is 245 Å². The lowest BCUT2D eigenvalue weighted by Crippen LogP contribution is -2.50. The summed E-state index contributed by atoms with van der Waals surface area (Å²) in [5.74, 6) is 2.42. The highest BCUT2D eigenvalue weighted by Gasteiger charge is 2.23. The van der Waals surface area contributed by atoms with E-state index >= 15 is 0 Å². The molecule has 2 aliphatic heterocycles. The molecular formula is C30H39N8O4-. The normalized spacial score (nSPS) is 15.3. The predicted molar refractivity (Wildman–Crippen MR) is 164 cm³/mol. The van der Waals surface area contributed by atoms with Gasteiger partial charge in [0.1, 0.15) is 29.1 Å². The Morgan fingerprint density at radius 2 is 1.48 bits per heavy atom. The van der Waals surface area contributed by atoms with Crippen molar-refractivity contribution in [2.45, 2.75) is 58.5 Å². The van der Waals surface area contributed by atoms with Gasteiger partial charge in [0.05, 0.1) is 0 Å². The van der Waals surface area contributed by atoms with Crippen molar-refractivity contribution in [3.05, 3.63) is 56.3 Å². The van der Waals surface area contributed by atoms with E-state index in [1.807, 2.05) is 6.07 Å². The standard InChI is InChI=1S/C30H40N8O4/c1-30(2,3)38(29(41)42)19-20-8-10-21(11-9-20)33-25-24(26(39)27(25)40)32-13-12-31-22-18-23(36-14-4-5-15-36)35-28(34-22)37-16-6-7-17-37/h8-11,18,32-33H,4-7,12-17,19H2,1-3H3,(H,41,42)(H,31,34,35)/p-1. The summed E-state index contributed by atoms with van der Waals surface area (Å²) < 4.78 is 0. The van der Waals surface area contributed by atoms with Gasteiger partial charge in [0, 0.05) is 63.1 Å². The molecule has 0 radical (unpaired) electrons. The molecule has 0 atom stereocenters. The summed E-state index contributed by atoms with van der Waals surface area (Å²) in [6.07, 6.45) is 3.37. The molecule has 3 N–H and O–H groups in total. The van der Waals surface area contributed by atoms with E-state index in [4.69, 9.17) is 9.97 Å². The monoisotopic (exact) mass is 575 g/mol. The van der Waals surface area contributed by atoms with Gasteiger partial charge in [-0.05, 0) is 64.2 Å². The lowest BCUT2D eigenvalue weighted by atomic mass is 10.1. The van der Waals surface area contributed by atoms with Gasteiger partial charge < -0.3 is 40.6 Å². The second-order valence-electron chi connectivity index (χ2n) is 11.9. The molecule has 12 nitrogen and oxygen atoms in total. The number of nitrogens with one attached hydrogen (secondary N) is 3. The molecule has 0 aliphatic carbocycles. The Balaban J connectivity index is 1.19. The first kappa shape index (κ1) is 29.2. The van der Waals surface area contributed by atoms with Crippen molar-refractivity contribution in [1.82, 2.24) is 14.9 Å². The van der Waals surface area contributed by atoms with Crippen molar-refractivity contribution < 1.29 is 9.90 Å². The number of hydrogen-bond donors (Lipinski definition) is 3. The first-order valence-electron chi connectivity index (χ1n) is 14.6. The van der Waals surface area contributed by atoms with Crippen LogP contribution in [-0.4, -0.2) is 65.8 Å². The summed E-state index contributed by atoms with van der Waals surface area (Å²) >= 11 is 0. The number of amides is 1. The van der Waals surface area contributed by atoms with Crippen molar-refractivity contribution in [2.24, 2.45) is 0 Å². The van der Waals surface area contributed by atoms with E-state index in [0.717, 1.165) is 75.0 Å². The molecule has 0 unspecified atom stereocenters. The van der Waals surface area contributed by atoms with Gasteiger partial charge >= 0.3 is 0 Å². The molecule has 0 bridgehead atoms. The fraction of sp³-hybridized carbons (Fsp3) is 0.500. The molecule has 1 amide bonds. The average molecular weight is 576 g/mol. The molecule has 0 spiro atoms. The maximum atomic E-state index is 12.3. The van der Waals surface area contributed by atoms with Crippen LogP contribution in [0.15, 0.2) is 39.9 Å². The number of carbonyl (C=O) groups excluding carboxylic acids is 1. The van der Waals surface area contributed by atoms with Gasteiger partial charge in [-0.2, -0.15) is 9.97 Å². The zero-order valence-electron chi connectivity index (χ0n) is 24.5. The van der Waals surface area contributed by atoms with Crippen molar-refractivity contribution in [3.8, 4) is 0 Å². The van der Waals surface area contributed by atoms with E-state index in [1.165, 1.54) is 4.90 Å². The molecule has 3 aromatic rings. The van der Waals surface area contributed by atoms with E-state index in [-0.39, 0.29) is 17.9 Å². The Morgan fingerprint density at radius 1 is 0.881 bits per heavy atom. The molecular weight excluding hydrogens is 536 g/mol. The summed E-state index contributed by atoms with van der Waals surface area (Å²) in [5.41, 5.74) is 0.125. The van der Waals surface area contributed by atoms with Crippen LogP contribution in [0, 0.1) is 0 Å². The molecule has 12 heteroatoms. The van der Waals surface area contributed by atoms with Crippen LogP contribution in [0.25, 0.3) is 0 Å². The molecule has 2 aliphatic rings. The maximum absolute atomic E-state index is 12.3. The number of nitrogens with zero attached hydrogens (tertiary/aromatic N) is 5. The summed E-state index contributed by atoms with van der Waals surface area (Å²) in [6.45, 7) is 10.4. The van der Waals surface area contributed by atoms with Gasteiger partial charge in [0.25, 0.3) is 10.9 Å². The van der Waals surface area contributed by atoms with Gasteiger partial charge in [-0.3, -0.25) is 9.59 Å². The van der Waals surface area contributed by atoms with Crippen LogP contribution in [-0.2, 0) is 6.54 Å². The van der Waals surface area contributed by atoms with Crippen LogP contribution in [0.3, 0.4) is 0 Å². The van der Waals surface area contributed by atoms with Crippen LogP contribution in [0.2, 0.25) is 0 Å². The van der Waals surface area contributed by atoms with Crippen LogP contribution < -0.4 is 41.7 Å². The Hall–Kier alpha value is -4.35. The third-order valence-corrected chi connectivity index (χ3v) is 7.76. The first-order chi connectivity index (χ1) is 20.1. The van der Waals surface area contributed by atoms with E-state index < -0.39 is 22.5 Å². The van der Waals surface area contributed by atoms with Crippen LogP contribution in [0.1, 0.15) is 52.0 Å². The molecule has 2 saturated heterocycles. The number of anilines is 6. The van der Waals surface area contributed by atoms with Crippen LogP contribution in [0.5, 0.6) is 0 Å². The minimum atomic E-state index is -1.24. The van der Waals surface area contributed by atoms with Gasteiger partial charge in [-0.15, -0.1) is 0 Å². The van der Waals surface area contributed by atoms with Gasteiger partial charge in [-0.25, -0.2) is 0 Å². The highest BCUT2D eigenvalue weighted by atomic mass is 16.4. The van der Waals surface area contributed by atoms with Crippen LogP contribution >= 0.6 is 0 Å². The predicted octanol–water partition coefficient (Wildman–Crippen LogP) is 2.48. The van der Waals surface area contributed by atoms with Crippen molar-refractivity contribution >= 4 is 40.7 Å². The highest BCUT2D eigenvalue weighted by molar-refractivity contribution is 5.78. The van der Waals surface area contributed by atoms with E-state index in [9.17, 15) is 19.5 Å². The number of hydrogen-bond acceptors (Lipinski definition) is 11. The zero-order chi connectivity index (χ0) is 29.9. The lowest BCUT2D eigenvalue weighted by molar-refractivity contribution is -0.271. The fourth-order valence-corrected chi connectivity index (χ4v) is 5.33. The molecule has 2 fully saturated rings. The van der Waals surface area contributed by atoms with E-state index in [0.29, 0.717) is 18.8 Å². The molecule has 42 heavy (non-hydrogen) atoms. The summed E-state index contributed by atoms with van der Waals surface area (Å²) in [4.78, 5) is 51.5. The smallest absolute Gasteiger partial charge is 0.253 e.